The molecular weight excluding hydrogens is 167 g/mol. The van der Waals surface area contributed by atoms with Crippen LogP contribution in [-0.2, 0) is 13.6 Å². The maximum absolute atomic E-state index is 10.7. The first-order valence-corrected chi connectivity index (χ1v) is 4.33. The Balaban J connectivity index is 3.69. The van der Waals surface area contributed by atoms with Crippen molar-refractivity contribution in [2.75, 3.05) is 6.61 Å². The highest BCUT2D eigenvalue weighted by Gasteiger charge is 2.18. The van der Waals surface area contributed by atoms with Gasteiger partial charge in [-0.3, -0.25) is 9.05 Å². The normalized spacial score (nSPS) is 11.0. The van der Waals surface area contributed by atoms with Gasteiger partial charge in [0, 0.05) is 0 Å². The Labute approximate surface area is 65.8 Å². The molecule has 1 atom stereocenters. The molecule has 0 aliphatic rings. The summed E-state index contributed by atoms with van der Waals surface area (Å²) >= 11 is 0. The first-order chi connectivity index (χ1) is 5.12. The van der Waals surface area contributed by atoms with E-state index < -0.39 is 7.82 Å². The van der Waals surface area contributed by atoms with Crippen LogP contribution in [0.25, 0.3) is 0 Å². The summed E-state index contributed by atoms with van der Waals surface area (Å²) in [6, 6.07) is 0. The lowest BCUT2D eigenvalue weighted by molar-refractivity contribution is 0.194. The molecule has 0 heterocycles. The van der Waals surface area contributed by atoms with E-state index in [1.54, 1.807) is 0 Å². The van der Waals surface area contributed by atoms with Gasteiger partial charge in [0.05, 0.1) is 6.61 Å². The monoisotopic (exact) mass is 177 g/mol. The third-order valence-electron chi connectivity index (χ3n) is 0.646. The average molecular weight is 177 g/mol. The van der Waals surface area contributed by atoms with Crippen molar-refractivity contribution in [3.8, 4) is 0 Å². The lowest BCUT2D eigenvalue weighted by Gasteiger charge is -2.07. The molecule has 0 rings (SSSR count). The highest BCUT2D eigenvalue weighted by atomic mass is 31.2. The second-order valence-corrected chi connectivity index (χ2v) is 2.94. The Morgan fingerprint density at radius 1 is 1.55 bits per heavy atom. The van der Waals surface area contributed by atoms with Crippen LogP contribution in [0.15, 0.2) is 25.3 Å². The molecule has 0 aliphatic heterocycles. The van der Waals surface area contributed by atoms with Gasteiger partial charge in [-0.15, -0.1) is 13.2 Å². The summed E-state index contributed by atoms with van der Waals surface area (Å²) < 4.78 is 19.4. The largest absolute Gasteiger partial charge is 0.473 e. The third kappa shape index (κ3) is 6.01. The Hall–Kier alpha value is -0.410. The first-order valence-electron chi connectivity index (χ1n) is 2.83. The minimum Gasteiger partial charge on any atom is -0.302 e. The van der Waals surface area contributed by atoms with Crippen LogP contribution in [0, 0.1) is 6.61 Å². The van der Waals surface area contributed by atoms with E-state index in [0.29, 0.717) is 0 Å². The zero-order chi connectivity index (χ0) is 8.74. The summed E-state index contributed by atoms with van der Waals surface area (Å²) in [7, 11) is -3.92. The van der Waals surface area contributed by atoms with Gasteiger partial charge in [-0.25, -0.2) is 4.57 Å². The maximum atomic E-state index is 10.7. The first kappa shape index (κ1) is 10.6. The standard InChI is InChI=1S/C6H10O4P/c1-3-5-9-11(7,8)10-6-4-2/h3-5H,1-2,6H2,(H,7,8). The Kier molecular flexibility index (Phi) is 5.07. The second-order valence-electron chi connectivity index (χ2n) is 1.53. The molecule has 0 spiro atoms. The van der Waals surface area contributed by atoms with Gasteiger partial charge in [-0.05, 0) is 0 Å². The third-order valence-corrected chi connectivity index (χ3v) is 1.51. The van der Waals surface area contributed by atoms with E-state index in [0.717, 1.165) is 6.61 Å². The van der Waals surface area contributed by atoms with Gasteiger partial charge < -0.3 is 4.89 Å². The number of rotatable bonds is 6. The zero-order valence-electron chi connectivity index (χ0n) is 5.97. The van der Waals surface area contributed by atoms with Gasteiger partial charge in [0.25, 0.3) is 0 Å². The molecule has 0 aromatic rings. The van der Waals surface area contributed by atoms with E-state index in [9.17, 15) is 4.57 Å². The van der Waals surface area contributed by atoms with Crippen molar-refractivity contribution < 1.29 is 18.5 Å². The quantitative estimate of drug-likeness (QED) is 0.495. The lowest BCUT2D eigenvalue weighted by Crippen LogP contribution is -1.91. The molecule has 0 bridgehead atoms. The lowest BCUT2D eigenvalue weighted by atomic mass is 10.7. The molecular formula is C6H10O4P. The molecule has 5 heteroatoms. The number of hydrogen-bond acceptors (Lipinski definition) is 3. The van der Waals surface area contributed by atoms with Crippen LogP contribution >= 0.6 is 7.82 Å². The summed E-state index contributed by atoms with van der Waals surface area (Å²) in [5.74, 6) is 0. The van der Waals surface area contributed by atoms with E-state index in [-0.39, 0.29) is 6.61 Å². The van der Waals surface area contributed by atoms with E-state index in [4.69, 9.17) is 4.89 Å². The minimum absolute atomic E-state index is 0.0290. The maximum Gasteiger partial charge on any atom is 0.473 e. The summed E-state index contributed by atoms with van der Waals surface area (Å²) in [6.07, 6.45) is 2.58. The second kappa shape index (κ2) is 5.27. The van der Waals surface area contributed by atoms with Crippen molar-refractivity contribution in [2.45, 2.75) is 0 Å². The van der Waals surface area contributed by atoms with E-state index >= 15 is 0 Å². The highest BCUT2D eigenvalue weighted by Crippen LogP contribution is 2.43. The van der Waals surface area contributed by atoms with Crippen LogP contribution in [0.1, 0.15) is 0 Å². The molecule has 63 valence electrons. The molecule has 0 fully saturated rings. The summed E-state index contributed by atoms with van der Waals surface area (Å²) in [4.78, 5) is 8.76. The Morgan fingerprint density at radius 2 is 2.18 bits per heavy atom. The van der Waals surface area contributed by atoms with Crippen molar-refractivity contribution >= 4 is 7.82 Å². The number of phosphoric acid groups is 1. The van der Waals surface area contributed by atoms with Gasteiger partial charge in [0.15, 0.2) is 0 Å². The van der Waals surface area contributed by atoms with Crippen molar-refractivity contribution in [1.82, 2.24) is 0 Å². The van der Waals surface area contributed by atoms with E-state index in [1.807, 2.05) is 0 Å². The molecule has 0 aliphatic carbocycles. The fourth-order valence-corrected chi connectivity index (χ4v) is 0.892. The summed E-state index contributed by atoms with van der Waals surface area (Å²) in [5, 5.41) is 0. The Bertz CT molecular complexity index is 161. The van der Waals surface area contributed by atoms with Crippen LogP contribution in [0.3, 0.4) is 0 Å². The molecule has 0 saturated heterocycles. The molecule has 1 unspecified atom stereocenters. The van der Waals surface area contributed by atoms with Gasteiger partial charge in [0.2, 0.25) is 0 Å². The number of hydrogen-bond donors (Lipinski definition) is 1. The van der Waals surface area contributed by atoms with Crippen LogP contribution in [0.4, 0.5) is 0 Å². The molecule has 1 radical (unpaired) electrons. The van der Waals surface area contributed by atoms with Gasteiger partial charge in [-0.1, -0.05) is 12.2 Å². The van der Waals surface area contributed by atoms with Crippen molar-refractivity contribution in [2.24, 2.45) is 0 Å². The van der Waals surface area contributed by atoms with Crippen LogP contribution < -0.4 is 0 Å². The van der Waals surface area contributed by atoms with Gasteiger partial charge >= 0.3 is 7.82 Å². The Morgan fingerprint density at radius 3 is 2.64 bits per heavy atom. The van der Waals surface area contributed by atoms with E-state index in [2.05, 4.69) is 22.2 Å². The predicted molar refractivity (Wildman–Crippen MR) is 41.6 cm³/mol. The van der Waals surface area contributed by atoms with Crippen LogP contribution in [0.5, 0.6) is 0 Å². The smallest absolute Gasteiger partial charge is 0.302 e. The molecule has 4 nitrogen and oxygen atoms in total. The molecule has 0 aromatic carbocycles. The molecule has 0 saturated carbocycles. The number of phosphoric ester groups is 1. The highest BCUT2D eigenvalue weighted by molar-refractivity contribution is 7.47. The molecule has 11 heavy (non-hydrogen) atoms. The molecule has 0 amide bonds. The van der Waals surface area contributed by atoms with Crippen LogP contribution in [0.2, 0.25) is 0 Å². The molecule has 1 N–H and O–H groups in total. The summed E-state index contributed by atoms with van der Waals surface area (Å²) in [5.41, 5.74) is 0. The SMILES string of the molecule is C=C[CH]OP(=O)(O)OCC=C. The van der Waals surface area contributed by atoms with Gasteiger partial charge in [-0.2, -0.15) is 0 Å². The van der Waals surface area contributed by atoms with Crippen molar-refractivity contribution in [1.29, 1.82) is 0 Å². The summed E-state index contributed by atoms with van der Waals surface area (Å²) in [6.45, 7) is 7.52. The van der Waals surface area contributed by atoms with Gasteiger partial charge in [0.1, 0.15) is 6.61 Å². The average Bonchev–Trinajstić information content (AvgIpc) is 1.97. The fraction of sp³-hybridized carbons (Fsp3) is 0.167. The van der Waals surface area contributed by atoms with E-state index in [1.165, 1.54) is 12.2 Å². The molecule has 0 aromatic heterocycles. The fourth-order valence-electron chi connectivity index (χ4n) is 0.297. The minimum atomic E-state index is -3.92. The zero-order valence-corrected chi connectivity index (χ0v) is 6.87. The predicted octanol–water partition coefficient (Wildman–Crippen LogP) is 1.65. The van der Waals surface area contributed by atoms with Crippen molar-refractivity contribution in [3.05, 3.63) is 31.9 Å². The van der Waals surface area contributed by atoms with Crippen molar-refractivity contribution in [3.63, 3.8) is 0 Å². The topological polar surface area (TPSA) is 55.8 Å². The van der Waals surface area contributed by atoms with Crippen LogP contribution in [-0.4, -0.2) is 11.5 Å².